The number of carbonyl (C=O) groups excluding carboxylic acids is 5. The Morgan fingerprint density at radius 1 is 0.979 bits per heavy atom. The van der Waals surface area contributed by atoms with Gasteiger partial charge in [0.15, 0.2) is 11.6 Å². The maximum atomic E-state index is 15.0. The molecule has 0 radical (unpaired) electrons. The molecule has 4 amide bonds. The lowest BCUT2D eigenvalue weighted by atomic mass is 9.48. The number of aromatic hydroxyl groups is 1. The average molecular weight is 656 g/mol. The number of anilines is 1. The van der Waals surface area contributed by atoms with E-state index < -0.39 is 111 Å². The number of aliphatic hydroxyl groups excluding tert-OH is 3. The van der Waals surface area contributed by atoms with E-state index in [2.05, 4.69) is 16.0 Å². The van der Waals surface area contributed by atoms with Crippen LogP contribution in [0.1, 0.15) is 71.9 Å². The van der Waals surface area contributed by atoms with Crippen molar-refractivity contribution in [3.63, 3.8) is 0 Å². The van der Waals surface area contributed by atoms with Gasteiger partial charge in [0.2, 0.25) is 5.91 Å². The molecule has 14 heteroatoms. The molecule has 1 aromatic rings. The van der Waals surface area contributed by atoms with Crippen LogP contribution in [-0.2, 0) is 19.2 Å². The van der Waals surface area contributed by atoms with Crippen molar-refractivity contribution in [1.82, 2.24) is 15.5 Å². The van der Waals surface area contributed by atoms with Crippen molar-refractivity contribution in [2.24, 2.45) is 23.0 Å². The van der Waals surface area contributed by atoms with Crippen LogP contribution >= 0.6 is 0 Å². The van der Waals surface area contributed by atoms with Crippen LogP contribution < -0.4 is 21.7 Å². The van der Waals surface area contributed by atoms with E-state index in [9.17, 15) is 44.4 Å². The lowest BCUT2D eigenvalue weighted by Crippen LogP contribution is -2.67. The summed E-state index contributed by atoms with van der Waals surface area (Å²) >= 11 is 0. The first-order chi connectivity index (χ1) is 21.5. The first-order valence-electron chi connectivity index (χ1n) is 15.3. The fraction of sp³-hybridized carbons (Fsp3) is 0.545. The minimum absolute atomic E-state index is 0.0843. The van der Waals surface area contributed by atoms with Gasteiger partial charge in [0, 0.05) is 34.9 Å². The zero-order chi connectivity index (χ0) is 35.7. The fourth-order valence-electron chi connectivity index (χ4n) is 7.36. The van der Waals surface area contributed by atoms with Crippen molar-refractivity contribution in [2.45, 2.75) is 84.0 Å². The Labute approximate surface area is 273 Å². The summed E-state index contributed by atoms with van der Waals surface area (Å²) in [4.78, 5) is 68.9. The van der Waals surface area contributed by atoms with Gasteiger partial charge in [-0.3, -0.25) is 24.1 Å². The molecule has 1 saturated carbocycles. The monoisotopic (exact) mass is 655 g/mol. The lowest BCUT2D eigenvalue weighted by molar-refractivity contribution is -0.157. The van der Waals surface area contributed by atoms with Crippen LogP contribution in [0.25, 0.3) is 5.76 Å². The molecule has 14 nitrogen and oxygen atoms in total. The smallest absolute Gasteiger partial charge is 0.319 e. The number of ketones is 2. The Hall–Kier alpha value is -4.43. The van der Waals surface area contributed by atoms with E-state index in [-0.39, 0.29) is 11.3 Å². The van der Waals surface area contributed by atoms with Gasteiger partial charge >= 0.3 is 6.03 Å². The number of phenolic OH excluding ortho intramolecular Hbond substituents is 1. The van der Waals surface area contributed by atoms with E-state index >= 15 is 0 Å². The zero-order valence-corrected chi connectivity index (χ0v) is 28.1. The molecule has 0 bridgehead atoms. The summed E-state index contributed by atoms with van der Waals surface area (Å²) in [7, 11) is 2.98. The van der Waals surface area contributed by atoms with Gasteiger partial charge in [-0.15, -0.1) is 0 Å². The van der Waals surface area contributed by atoms with Crippen LogP contribution in [0.2, 0.25) is 0 Å². The van der Waals surface area contributed by atoms with Crippen LogP contribution in [-0.4, -0.2) is 92.1 Å². The van der Waals surface area contributed by atoms with Gasteiger partial charge in [0.05, 0.1) is 23.4 Å². The van der Waals surface area contributed by atoms with E-state index in [1.165, 1.54) is 31.1 Å². The predicted molar refractivity (Wildman–Crippen MR) is 172 cm³/mol. The molecule has 9 N–H and O–H groups in total. The third kappa shape index (κ3) is 5.84. The normalized spacial score (nSPS) is 27.6. The van der Waals surface area contributed by atoms with Crippen molar-refractivity contribution in [2.75, 3.05) is 19.4 Å². The number of primary amides is 1. The molecule has 0 aromatic heterocycles. The minimum Gasteiger partial charge on any atom is -0.510 e. The maximum Gasteiger partial charge on any atom is 0.319 e. The quantitative estimate of drug-likeness (QED) is 0.170. The molecule has 0 saturated heterocycles. The van der Waals surface area contributed by atoms with Gasteiger partial charge in [0.1, 0.15) is 28.3 Å². The number of likely N-dealkylation sites (N-methyl/N-ethyl adjacent to an activating group) is 1. The summed E-state index contributed by atoms with van der Waals surface area (Å²) in [5.74, 6) is -9.79. The summed E-state index contributed by atoms with van der Waals surface area (Å²) in [6.07, 6.45) is -2.45. The lowest BCUT2D eigenvalue weighted by Gasteiger charge is -2.56. The second-order valence-corrected chi connectivity index (χ2v) is 15.0. The maximum absolute atomic E-state index is 15.0. The number of hydrogen-bond donors (Lipinski definition) is 8. The van der Waals surface area contributed by atoms with Crippen LogP contribution in [0.5, 0.6) is 5.75 Å². The Morgan fingerprint density at radius 3 is 2.06 bits per heavy atom. The Bertz CT molecular complexity index is 1630. The molecule has 3 aliphatic carbocycles. The molecule has 47 heavy (non-hydrogen) atoms. The van der Waals surface area contributed by atoms with E-state index in [0.717, 1.165) is 0 Å². The summed E-state index contributed by atoms with van der Waals surface area (Å²) in [5.41, 5.74) is 0.491. The second kappa shape index (κ2) is 11.7. The molecule has 0 heterocycles. The van der Waals surface area contributed by atoms with Gasteiger partial charge in [-0.05, 0) is 73.2 Å². The molecule has 6 atom stereocenters. The van der Waals surface area contributed by atoms with E-state index in [1.54, 1.807) is 48.5 Å². The molecule has 4 rings (SSSR count). The molecule has 0 spiro atoms. The van der Waals surface area contributed by atoms with Crippen LogP contribution in [0.4, 0.5) is 10.5 Å². The number of hydrogen-bond acceptors (Lipinski definition) is 10. The highest BCUT2D eigenvalue weighted by molar-refractivity contribution is 6.24. The van der Waals surface area contributed by atoms with E-state index in [1.807, 2.05) is 0 Å². The molecular formula is C33H45N5O9. The number of benzene rings is 1. The number of urea groups is 1. The summed E-state index contributed by atoms with van der Waals surface area (Å²) in [6.45, 7) is 12.0. The van der Waals surface area contributed by atoms with Crippen molar-refractivity contribution < 1.29 is 44.4 Å². The number of Topliss-reactive ketones (excluding diaryl/α,β-unsaturated/α-hetero) is 2. The highest BCUT2D eigenvalue weighted by Gasteiger charge is 2.69. The van der Waals surface area contributed by atoms with Crippen molar-refractivity contribution in [1.29, 1.82) is 0 Å². The Kier molecular flexibility index (Phi) is 8.80. The minimum atomic E-state index is -2.42. The Morgan fingerprint density at radius 2 is 1.55 bits per heavy atom. The Balaban J connectivity index is 2.03. The van der Waals surface area contributed by atoms with Crippen molar-refractivity contribution in [3.05, 3.63) is 40.2 Å². The molecule has 1 aromatic carbocycles. The standard InChI is InChI=1S/C33H45N5O9/c1-13-14-10-11-15(35-30(47)37-32(5,6)7)23(40)18(14)24(41)19-17(13)25(42)21-22(38(8)9)26(43)20(29(34)46)28(45)33(21,27(19)44)12-16(39)36-31(2,3)4/h10-11,13,17,21-22,25,40-42,45H,12H2,1-9H3,(H2,34,46)(H,36,39)(H2,35,37,47)/t13-,17+,21+,22-,25-,33+/m0/s1. The molecule has 0 unspecified atom stereocenters. The fourth-order valence-corrected chi connectivity index (χ4v) is 7.36. The first-order valence-corrected chi connectivity index (χ1v) is 15.3. The van der Waals surface area contributed by atoms with Gasteiger partial charge in [-0.25, -0.2) is 4.79 Å². The number of amides is 4. The topological polar surface area (TPSA) is 232 Å². The molecular weight excluding hydrogens is 610 g/mol. The zero-order valence-electron chi connectivity index (χ0n) is 28.1. The van der Waals surface area contributed by atoms with Crippen LogP contribution in [0.15, 0.2) is 29.0 Å². The summed E-state index contributed by atoms with van der Waals surface area (Å²) in [6, 6.07) is 0.929. The highest BCUT2D eigenvalue weighted by Crippen LogP contribution is 2.61. The number of phenols is 1. The number of rotatable bonds is 5. The SMILES string of the molecule is C[C@H]1c2ccc(NC(=O)NC(C)(C)C)c(O)c2C(O)=C2C(=O)[C@]3(CC(=O)NC(C)(C)C)C(O)=C(C(N)=O)C(=O)[C@@H](N(C)C)[C@@H]3[C@@H](O)[C@@H]21. The third-order valence-corrected chi connectivity index (χ3v) is 9.03. The molecule has 1 fully saturated rings. The largest absolute Gasteiger partial charge is 0.510 e. The van der Waals surface area contributed by atoms with Gasteiger partial charge < -0.3 is 42.1 Å². The number of carbonyl (C=O) groups is 5. The van der Waals surface area contributed by atoms with Gasteiger partial charge in [0.25, 0.3) is 5.91 Å². The molecule has 0 aliphatic heterocycles. The number of allylic oxidation sites excluding steroid dienone is 1. The number of nitrogens with one attached hydrogen (secondary N) is 3. The average Bonchev–Trinajstić information content (AvgIpc) is 2.89. The number of aliphatic hydroxyl groups is 3. The first kappa shape index (κ1) is 35.4. The molecule has 3 aliphatic rings. The van der Waals surface area contributed by atoms with Crippen molar-refractivity contribution in [3.8, 4) is 5.75 Å². The number of fused-ring (bicyclic) bond motifs is 3. The third-order valence-electron chi connectivity index (χ3n) is 9.03. The van der Waals surface area contributed by atoms with E-state index in [0.29, 0.717) is 5.56 Å². The van der Waals surface area contributed by atoms with Crippen LogP contribution in [0, 0.1) is 17.3 Å². The van der Waals surface area contributed by atoms with Gasteiger partial charge in [-0.2, -0.15) is 0 Å². The van der Waals surface area contributed by atoms with Crippen LogP contribution in [0.3, 0.4) is 0 Å². The second-order valence-electron chi connectivity index (χ2n) is 15.0. The van der Waals surface area contributed by atoms with E-state index in [4.69, 9.17) is 5.73 Å². The number of nitrogens with two attached hydrogens (primary N) is 1. The highest BCUT2D eigenvalue weighted by atomic mass is 16.3. The molecule has 256 valence electrons. The number of nitrogens with zero attached hydrogens (tertiary/aromatic N) is 1. The van der Waals surface area contributed by atoms with Crippen molar-refractivity contribution >= 4 is 40.9 Å². The predicted octanol–water partition coefficient (Wildman–Crippen LogP) is 1.98. The summed E-state index contributed by atoms with van der Waals surface area (Å²) in [5, 5.41) is 55.0. The summed E-state index contributed by atoms with van der Waals surface area (Å²) < 4.78 is 0. The van der Waals surface area contributed by atoms with Gasteiger partial charge in [-0.1, -0.05) is 13.0 Å².